The Labute approximate surface area is 169 Å². The van der Waals surface area contributed by atoms with Gasteiger partial charge in [-0.1, -0.05) is 35.5 Å². The Hall–Kier alpha value is -3.35. The van der Waals surface area contributed by atoms with Gasteiger partial charge < -0.3 is 19.5 Å². The maximum Gasteiger partial charge on any atom is 0.322 e. The molecule has 1 atom stereocenters. The predicted octanol–water partition coefficient (Wildman–Crippen LogP) is 4.81. The molecule has 2 heterocycles. The average Bonchev–Trinajstić information content (AvgIpc) is 3.25. The quantitative estimate of drug-likeness (QED) is 0.689. The van der Waals surface area contributed by atoms with Gasteiger partial charge in [0.05, 0.1) is 7.11 Å². The Morgan fingerprint density at radius 3 is 2.90 bits per heavy atom. The largest absolute Gasteiger partial charge is 0.497 e. The van der Waals surface area contributed by atoms with Crippen molar-refractivity contribution in [1.82, 2.24) is 15.0 Å². The number of piperidine rings is 1. The number of nitrogens with zero attached hydrogens (tertiary/aromatic N) is 3. The van der Waals surface area contributed by atoms with Crippen molar-refractivity contribution in [2.24, 2.45) is 0 Å². The molecule has 2 aromatic carbocycles. The van der Waals surface area contributed by atoms with E-state index in [9.17, 15) is 4.79 Å². The summed E-state index contributed by atoms with van der Waals surface area (Å²) in [6.07, 6.45) is 2.76. The van der Waals surface area contributed by atoms with Crippen LogP contribution in [0.5, 0.6) is 5.75 Å². The van der Waals surface area contributed by atoms with Crippen LogP contribution in [0.15, 0.2) is 53.1 Å². The maximum atomic E-state index is 13.0. The molecule has 7 heteroatoms. The van der Waals surface area contributed by atoms with E-state index in [4.69, 9.17) is 9.26 Å². The second-order valence-electron chi connectivity index (χ2n) is 7.14. The lowest BCUT2D eigenvalue weighted by molar-refractivity contribution is 0.142. The highest BCUT2D eigenvalue weighted by Crippen LogP contribution is 2.32. The summed E-state index contributed by atoms with van der Waals surface area (Å²) < 4.78 is 10.8. The first-order valence-corrected chi connectivity index (χ1v) is 9.77. The summed E-state index contributed by atoms with van der Waals surface area (Å²) in [5.41, 5.74) is 2.64. The van der Waals surface area contributed by atoms with Crippen LogP contribution in [0.2, 0.25) is 0 Å². The number of nitrogens with one attached hydrogen (secondary N) is 1. The van der Waals surface area contributed by atoms with Crippen LogP contribution >= 0.6 is 0 Å². The van der Waals surface area contributed by atoms with E-state index in [1.165, 1.54) is 0 Å². The summed E-state index contributed by atoms with van der Waals surface area (Å²) in [6.45, 7) is 2.63. The monoisotopic (exact) mass is 392 g/mol. The van der Waals surface area contributed by atoms with Gasteiger partial charge in [-0.3, -0.25) is 0 Å². The number of anilines is 1. The highest BCUT2D eigenvalue weighted by molar-refractivity contribution is 5.90. The molecule has 0 unspecified atom stereocenters. The Kier molecular flexibility index (Phi) is 5.46. The van der Waals surface area contributed by atoms with E-state index in [-0.39, 0.29) is 12.1 Å². The molecule has 0 radical (unpaired) electrons. The average molecular weight is 392 g/mol. The van der Waals surface area contributed by atoms with Crippen molar-refractivity contribution in [1.29, 1.82) is 0 Å². The third kappa shape index (κ3) is 4.08. The number of aromatic nitrogens is 2. The number of likely N-dealkylation sites (tertiary alicyclic amines) is 1. The third-order valence-electron chi connectivity index (χ3n) is 5.21. The molecule has 7 nitrogen and oxygen atoms in total. The molecule has 1 aromatic heterocycles. The van der Waals surface area contributed by atoms with Crippen molar-refractivity contribution in [3.8, 4) is 17.1 Å². The molecule has 1 aliphatic heterocycles. The van der Waals surface area contributed by atoms with Crippen molar-refractivity contribution in [3.05, 3.63) is 60.0 Å². The van der Waals surface area contributed by atoms with Crippen LogP contribution in [0.3, 0.4) is 0 Å². The molecule has 0 bridgehead atoms. The number of para-hydroxylation sites is 1. The molecule has 0 aliphatic carbocycles. The number of methoxy groups -OCH3 is 1. The van der Waals surface area contributed by atoms with Gasteiger partial charge in [0.25, 0.3) is 0 Å². The van der Waals surface area contributed by atoms with E-state index in [2.05, 4.69) is 15.5 Å². The zero-order chi connectivity index (χ0) is 20.2. The molecule has 0 spiro atoms. The lowest BCUT2D eigenvalue weighted by Crippen LogP contribution is -2.41. The minimum absolute atomic E-state index is 0.148. The van der Waals surface area contributed by atoms with Crippen LogP contribution < -0.4 is 10.1 Å². The molecular weight excluding hydrogens is 368 g/mol. The maximum absolute atomic E-state index is 13.0. The van der Waals surface area contributed by atoms with Crippen molar-refractivity contribution >= 4 is 11.7 Å². The summed E-state index contributed by atoms with van der Waals surface area (Å²) in [4.78, 5) is 19.3. The smallest absolute Gasteiger partial charge is 0.322 e. The minimum Gasteiger partial charge on any atom is -0.497 e. The molecule has 1 saturated heterocycles. The molecular formula is C22H24N4O3. The molecule has 29 heavy (non-hydrogen) atoms. The van der Waals surface area contributed by atoms with E-state index in [1.54, 1.807) is 12.0 Å². The first kappa shape index (κ1) is 19.0. The third-order valence-corrected chi connectivity index (χ3v) is 5.21. The first-order chi connectivity index (χ1) is 14.2. The number of rotatable bonds is 4. The van der Waals surface area contributed by atoms with Crippen molar-refractivity contribution in [3.63, 3.8) is 0 Å². The molecule has 4 rings (SSSR count). The number of carbonyl (C=O) groups is 1. The normalized spacial score (nSPS) is 16.5. The molecule has 3 aromatic rings. The lowest BCUT2D eigenvalue weighted by atomic mass is 10.0. The summed E-state index contributed by atoms with van der Waals surface area (Å²) in [7, 11) is 1.62. The number of ether oxygens (including phenoxy) is 1. The fourth-order valence-corrected chi connectivity index (χ4v) is 3.58. The highest BCUT2D eigenvalue weighted by atomic mass is 16.5. The van der Waals surface area contributed by atoms with E-state index < -0.39 is 0 Å². The van der Waals surface area contributed by atoms with Crippen LogP contribution in [0.25, 0.3) is 11.4 Å². The molecule has 0 saturated carbocycles. The lowest BCUT2D eigenvalue weighted by Gasteiger charge is -2.33. The number of hydrogen-bond donors (Lipinski definition) is 1. The van der Waals surface area contributed by atoms with E-state index in [1.807, 2.05) is 55.5 Å². The van der Waals surface area contributed by atoms with Gasteiger partial charge in [-0.25, -0.2) is 4.79 Å². The summed E-state index contributed by atoms with van der Waals surface area (Å²) >= 11 is 0. The Morgan fingerprint density at radius 1 is 1.21 bits per heavy atom. The highest BCUT2D eigenvalue weighted by Gasteiger charge is 2.32. The number of amides is 2. The van der Waals surface area contributed by atoms with Crippen molar-refractivity contribution < 1.29 is 14.1 Å². The molecule has 150 valence electrons. The fraction of sp³-hybridized carbons (Fsp3) is 0.318. The van der Waals surface area contributed by atoms with E-state index in [0.29, 0.717) is 18.3 Å². The second-order valence-corrected chi connectivity index (χ2v) is 7.14. The number of aryl methyl sites for hydroxylation is 1. The number of carbonyl (C=O) groups excluding carboxylic acids is 1. The van der Waals surface area contributed by atoms with Crippen LogP contribution in [-0.4, -0.2) is 34.7 Å². The minimum atomic E-state index is -0.236. The van der Waals surface area contributed by atoms with Crippen LogP contribution in [0.1, 0.15) is 36.8 Å². The van der Waals surface area contributed by atoms with E-state index in [0.717, 1.165) is 41.8 Å². The molecule has 1 N–H and O–H groups in total. The van der Waals surface area contributed by atoms with Gasteiger partial charge in [-0.2, -0.15) is 4.98 Å². The van der Waals surface area contributed by atoms with Gasteiger partial charge in [-0.05, 0) is 49.9 Å². The van der Waals surface area contributed by atoms with Gasteiger partial charge in [0.1, 0.15) is 11.8 Å². The van der Waals surface area contributed by atoms with Gasteiger partial charge in [0.15, 0.2) is 0 Å². The molecule has 1 fully saturated rings. The summed E-state index contributed by atoms with van der Waals surface area (Å²) in [5.74, 6) is 1.68. The van der Waals surface area contributed by atoms with Gasteiger partial charge in [-0.15, -0.1) is 0 Å². The zero-order valence-corrected chi connectivity index (χ0v) is 16.6. The molecule has 1 aliphatic rings. The summed E-state index contributed by atoms with van der Waals surface area (Å²) in [6, 6.07) is 14.9. The van der Waals surface area contributed by atoms with Crippen LogP contribution in [-0.2, 0) is 0 Å². The van der Waals surface area contributed by atoms with Crippen molar-refractivity contribution in [2.45, 2.75) is 32.2 Å². The Balaban J connectivity index is 1.55. The first-order valence-electron chi connectivity index (χ1n) is 9.77. The van der Waals surface area contributed by atoms with Gasteiger partial charge in [0, 0.05) is 17.8 Å². The topological polar surface area (TPSA) is 80.5 Å². The van der Waals surface area contributed by atoms with Gasteiger partial charge in [0.2, 0.25) is 11.7 Å². The number of benzene rings is 2. The second kappa shape index (κ2) is 8.34. The van der Waals surface area contributed by atoms with Crippen molar-refractivity contribution in [2.75, 3.05) is 19.0 Å². The number of urea groups is 1. The summed E-state index contributed by atoms with van der Waals surface area (Å²) in [5, 5.41) is 7.14. The Bertz CT molecular complexity index is 1000. The predicted molar refractivity (Wildman–Crippen MR) is 110 cm³/mol. The molecule has 2 amide bonds. The fourth-order valence-electron chi connectivity index (χ4n) is 3.58. The Morgan fingerprint density at radius 2 is 2.07 bits per heavy atom. The van der Waals surface area contributed by atoms with Crippen LogP contribution in [0, 0.1) is 6.92 Å². The van der Waals surface area contributed by atoms with Crippen LogP contribution in [0.4, 0.5) is 10.5 Å². The number of hydrogen-bond acceptors (Lipinski definition) is 5. The van der Waals surface area contributed by atoms with E-state index >= 15 is 0 Å². The zero-order valence-electron chi connectivity index (χ0n) is 16.6. The van der Waals surface area contributed by atoms with Gasteiger partial charge >= 0.3 is 6.03 Å². The SMILES string of the molecule is COc1cccc(-c2noc([C@H]3CCCCN3C(=O)Nc3ccccc3C)n2)c1. The standard InChI is InChI=1S/C22H24N4O3/c1-15-8-3-4-11-18(15)23-22(27)26-13-6-5-12-19(26)21-24-20(25-29-21)16-9-7-10-17(14-16)28-2/h3-4,7-11,14,19H,5-6,12-13H2,1-2H3,(H,23,27)/t19-/m1/s1.